The Hall–Kier alpha value is -1.10. The van der Waals surface area contributed by atoms with Crippen LogP contribution in [0.3, 0.4) is 0 Å². The van der Waals surface area contributed by atoms with Gasteiger partial charge in [-0.2, -0.15) is 0 Å². The number of carbonyl (C=O) groups is 2. The van der Waals surface area contributed by atoms with Gasteiger partial charge >= 0.3 is 0 Å². The van der Waals surface area contributed by atoms with E-state index < -0.39 is 6.10 Å². The number of hydrogen-bond acceptors (Lipinski definition) is 3. The highest BCUT2D eigenvalue weighted by Gasteiger charge is 2.20. The number of nitrogens with zero attached hydrogens (tertiary/aromatic N) is 1. The van der Waals surface area contributed by atoms with Crippen LogP contribution < -0.4 is 5.32 Å². The maximum Gasteiger partial charge on any atom is 0.251 e. The molecule has 0 radical (unpaired) electrons. The number of ether oxygens (including phenoxy) is 1. The molecule has 1 N–H and O–H groups in total. The Labute approximate surface area is 97.1 Å². The van der Waals surface area contributed by atoms with Crippen molar-refractivity contribution in [3.05, 3.63) is 0 Å². The Morgan fingerprint density at radius 1 is 1.31 bits per heavy atom. The Kier molecular flexibility index (Phi) is 6.72. The highest BCUT2D eigenvalue weighted by molar-refractivity contribution is 5.86. The van der Waals surface area contributed by atoms with Crippen molar-refractivity contribution in [2.45, 2.75) is 39.8 Å². The Bertz CT molecular complexity index is 241. The zero-order valence-electron chi connectivity index (χ0n) is 10.7. The standard InChI is InChI=1S/C11H22N2O3/c1-6-13(11(15)9(4)16-5)7-10(14)12-8(2)3/h8-9H,6-7H2,1-5H3,(H,12,14). The SMILES string of the molecule is CCN(CC(=O)NC(C)C)C(=O)C(C)OC. The summed E-state index contributed by atoms with van der Waals surface area (Å²) in [5.74, 6) is -0.308. The van der Waals surface area contributed by atoms with Crippen molar-refractivity contribution in [3.8, 4) is 0 Å². The first-order valence-corrected chi connectivity index (χ1v) is 5.53. The quantitative estimate of drug-likeness (QED) is 0.718. The first-order chi connectivity index (χ1) is 7.42. The molecule has 0 saturated heterocycles. The Morgan fingerprint density at radius 2 is 1.88 bits per heavy atom. The van der Waals surface area contributed by atoms with E-state index in [1.807, 2.05) is 20.8 Å². The second kappa shape index (κ2) is 7.22. The molecule has 0 rings (SSSR count). The van der Waals surface area contributed by atoms with Crippen molar-refractivity contribution in [3.63, 3.8) is 0 Å². The molecule has 0 saturated carbocycles. The lowest BCUT2D eigenvalue weighted by Crippen LogP contribution is -2.45. The molecule has 0 fully saturated rings. The van der Waals surface area contributed by atoms with Gasteiger partial charge in [0, 0.05) is 19.7 Å². The third-order valence-corrected chi connectivity index (χ3v) is 2.18. The molecule has 1 unspecified atom stereocenters. The lowest BCUT2D eigenvalue weighted by atomic mass is 10.3. The molecule has 0 aromatic rings. The average Bonchev–Trinajstić information content (AvgIpc) is 2.22. The molecule has 0 aliphatic heterocycles. The van der Waals surface area contributed by atoms with Crippen LogP contribution in [0, 0.1) is 0 Å². The predicted octanol–water partition coefficient (Wildman–Crippen LogP) is 0.394. The number of methoxy groups -OCH3 is 1. The lowest BCUT2D eigenvalue weighted by Gasteiger charge is -2.23. The van der Waals surface area contributed by atoms with Gasteiger partial charge in [0.1, 0.15) is 6.10 Å². The number of nitrogens with one attached hydrogen (secondary N) is 1. The zero-order chi connectivity index (χ0) is 12.7. The number of rotatable bonds is 6. The topological polar surface area (TPSA) is 58.6 Å². The average molecular weight is 230 g/mol. The minimum absolute atomic E-state index is 0.0844. The summed E-state index contributed by atoms with van der Waals surface area (Å²) in [5.41, 5.74) is 0. The van der Waals surface area contributed by atoms with E-state index in [1.165, 1.54) is 12.0 Å². The fourth-order valence-electron chi connectivity index (χ4n) is 1.24. The van der Waals surface area contributed by atoms with E-state index in [4.69, 9.17) is 4.74 Å². The van der Waals surface area contributed by atoms with Crippen molar-refractivity contribution >= 4 is 11.8 Å². The number of hydrogen-bond donors (Lipinski definition) is 1. The maximum atomic E-state index is 11.7. The molecule has 16 heavy (non-hydrogen) atoms. The van der Waals surface area contributed by atoms with E-state index in [-0.39, 0.29) is 24.4 Å². The van der Waals surface area contributed by atoms with E-state index in [2.05, 4.69) is 5.32 Å². The minimum Gasteiger partial charge on any atom is -0.372 e. The molecule has 1 atom stereocenters. The summed E-state index contributed by atoms with van der Waals surface area (Å²) in [6.07, 6.45) is -0.508. The summed E-state index contributed by atoms with van der Waals surface area (Å²) < 4.78 is 4.93. The minimum atomic E-state index is -0.508. The molecule has 94 valence electrons. The first-order valence-electron chi connectivity index (χ1n) is 5.53. The monoisotopic (exact) mass is 230 g/mol. The van der Waals surface area contributed by atoms with Crippen LogP contribution in [0.25, 0.3) is 0 Å². The van der Waals surface area contributed by atoms with Crippen molar-refractivity contribution in [1.82, 2.24) is 10.2 Å². The molecular weight excluding hydrogens is 208 g/mol. The molecule has 0 aliphatic carbocycles. The molecule has 0 bridgehead atoms. The molecule has 0 aromatic heterocycles. The van der Waals surface area contributed by atoms with Crippen LogP contribution in [0.4, 0.5) is 0 Å². The van der Waals surface area contributed by atoms with Gasteiger partial charge in [-0.15, -0.1) is 0 Å². The first kappa shape index (κ1) is 14.9. The third-order valence-electron chi connectivity index (χ3n) is 2.18. The molecule has 5 heteroatoms. The normalized spacial score (nSPS) is 12.4. The van der Waals surface area contributed by atoms with Gasteiger partial charge in [-0.3, -0.25) is 9.59 Å². The summed E-state index contributed by atoms with van der Waals surface area (Å²) in [5, 5.41) is 2.75. The molecule has 5 nitrogen and oxygen atoms in total. The lowest BCUT2D eigenvalue weighted by molar-refractivity contribution is -0.143. The molecule has 0 spiro atoms. The molecule has 2 amide bonds. The van der Waals surface area contributed by atoms with E-state index in [0.717, 1.165) is 0 Å². The van der Waals surface area contributed by atoms with Crippen molar-refractivity contribution in [2.24, 2.45) is 0 Å². The van der Waals surface area contributed by atoms with E-state index in [0.29, 0.717) is 6.54 Å². The summed E-state index contributed by atoms with van der Waals surface area (Å²) in [4.78, 5) is 24.7. The van der Waals surface area contributed by atoms with Gasteiger partial charge in [-0.25, -0.2) is 0 Å². The van der Waals surface area contributed by atoms with Crippen LogP contribution in [-0.4, -0.2) is 49.1 Å². The van der Waals surface area contributed by atoms with Crippen molar-refractivity contribution in [2.75, 3.05) is 20.2 Å². The van der Waals surface area contributed by atoms with Gasteiger partial charge in [0.25, 0.3) is 5.91 Å². The van der Waals surface area contributed by atoms with Crippen molar-refractivity contribution in [1.29, 1.82) is 0 Å². The third kappa shape index (κ3) is 5.11. The van der Waals surface area contributed by atoms with Crippen LogP contribution in [0.5, 0.6) is 0 Å². The fourth-order valence-corrected chi connectivity index (χ4v) is 1.24. The largest absolute Gasteiger partial charge is 0.372 e. The van der Waals surface area contributed by atoms with Gasteiger partial charge in [-0.1, -0.05) is 0 Å². The van der Waals surface area contributed by atoms with Crippen molar-refractivity contribution < 1.29 is 14.3 Å². The van der Waals surface area contributed by atoms with Gasteiger partial charge in [0.2, 0.25) is 5.91 Å². The van der Waals surface area contributed by atoms with Gasteiger partial charge in [-0.05, 0) is 27.7 Å². The van der Waals surface area contributed by atoms with Gasteiger partial charge in [0.15, 0.2) is 0 Å². The van der Waals surface area contributed by atoms with E-state index in [9.17, 15) is 9.59 Å². The van der Waals surface area contributed by atoms with Crippen LogP contribution in [0.15, 0.2) is 0 Å². The number of likely N-dealkylation sites (N-methyl/N-ethyl adjacent to an activating group) is 1. The summed E-state index contributed by atoms with van der Waals surface area (Å²) in [6.45, 7) is 7.86. The molecule has 0 aromatic carbocycles. The summed E-state index contributed by atoms with van der Waals surface area (Å²) in [7, 11) is 1.48. The highest BCUT2D eigenvalue weighted by atomic mass is 16.5. The van der Waals surface area contributed by atoms with E-state index >= 15 is 0 Å². The van der Waals surface area contributed by atoms with Gasteiger partial charge < -0.3 is 15.0 Å². The smallest absolute Gasteiger partial charge is 0.251 e. The summed E-state index contributed by atoms with van der Waals surface area (Å²) in [6, 6.07) is 0.0844. The maximum absolute atomic E-state index is 11.7. The van der Waals surface area contributed by atoms with Crippen LogP contribution >= 0.6 is 0 Å². The fraction of sp³-hybridized carbons (Fsp3) is 0.818. The Morgan fingerprint density at radius 3 is 2.25 bits per heavy atom. The molecule has 0 heterocycles. The predicted molar refractivity (Wildman–Crippen MR) is 62.0 cm³/mol. The second-order valence-corrected chi connectivity index (χ2v) is 3.95. The van der Waals surface area contributed by atoms with Gasteiger partial charge in [0.05, 0.1) is 6.54 Å². The van der Waals surface area contributed by atoms with Crippen LogP contribution in [0.2, 0.25) is 0 Å². The van der Waals surface area contributed by atoms with Crippen LogP contribution in [-0.2, 0) is 14.3 Å². The second-order valence-electron chi connectivity index (χ2n) is 3.95. The van der Waals surface area contributed by atoms with Crippen LogP contribution in [0.1, 0.15) is 27.7 Å². The Balaban J connectivity index is 4.29. The zero-order valence-corrected chi connectivity index (χ0v) is 10.7. The number of amides is 2. The number of carbonyl (C=O) groups excluding carboxylic acids is 2. The molecule has 0 aliphatic rings. The summed E-state index contributed by atoms with van der Waals surface area (Å²) >= 11 is 0. The van der Waals surface area contributed by atoms with E-state index in [1.54, 1.807) is 6.92 Å². The highest BCUT2D eigenvalue weighted by Crippen LogP contribution is 1.98. The molecular formula is C11H22N2O3.